The molecule has 1 aliphatic rings. The summed E-state index contributed by atoms with van der Waals surface area (Å²) in [6, 6.07) is 21.5. The van der Waals surface area contributed by atoms with Crippen LogP contribution in [0.2, 0.25) is 0 Å². The third kappa shape index (κ3) is 7.79. The van der Waals surface area contributed by atoms with Gasteiger partial charge in [-0.2, -0.15) is 5.10 Å². The summed E-state index contributed by atoms with van der Waals surface area (Å²) in [7, 11) is 1.57. The average molecular weight is 664 g/mol. The number of carbonyl (C=O) groups is 2. The van der Waals surface area contributed by atoms with Gasteiger partial charge in [-0.1, -0.05) is 28.1 Å². The van der Waals surface area contributed by atoms with Crippen molar-refractivity contribution in [2.75, 3.05) is 19.0 Å². The summed E-state index contributed by atoms with van der Waals surface area (Å²) < 4.78 is 30.6. The molecule has 9 nitrogen and oxygen atoms in total. The highest BCUT2D eigenvalue weighted by Gasteiger charge is 2.34. The Morgan fingerprint density at radius 3 is 2.65 bits per heavy atom. The summed E-state index contributed by atoms with van der Waals surface area (Å²) in [4.78, 5) is 27.9. The van der Waals surface area contributed by atoms with Crippen LogP contribution in [0.1, 0.15) is 16.9 Å². The van der Waals surface area contributed by atoms with Crippen molar-refractivity contribution in [1.82, 2.24) is 4.90 Å². The maximum Gasteiger partial charge on any atom is 0.267 e. The van der Waals surface area contributed by atoms with E-state index < -0.39 is 11.7 Å². The molecule has 1 N–H and O–H groups in total. The lowest BCUT2D eigenvalue weighted by Gasteiger charge is -2.13. The molecule has 0 spiro atoms. The highest BCUT2D eigenvalue weighted by atomic mass is 79.9. The Bertz CT molecular complexity index is 1710. The van der Waals surface area contributed by atoms with Crippen LogP contribution in [0.5, 0.6) is 11.5 Å². The van der Waals surface area contributed by atoms with Gasteiger partial charge in [0.2, 0.25) is 0 Å². The number of methoxy groups -OCH3 is 1. The van der Waals surface area contributed by atoms with Crippen molar-refractivity contribution in [3.8, 4) is 11.5 Å². The number of ether oxygens (including phenoxy) is 2. The van der Waals surface area contributed by atoms with E-state index in [4.69, 9.17) is 13.9 Å². The fraction of sp³-hybridized carbons (Fsp3) is 0.0968. The minimum atomic E-state index is -0.425. The van der Waals surface area contributed by atoms with Crippen LogP contribution < -0.4 is 14.8 Å². The zero-order valence-electron chi connectivity index (χ0n) is 22.7. The molecule has 0 aliphatic carbocycles. The zero-order chi connectivity index (χ0) is 30.2. The number of furan rings is 1. The first kappa shape index (κ1) is 29.8. The predicted molar refractivity (Wildman–Crippen MR) is 168 cm³/mol. The van der Waals surface area contributed by atoms with Gasteiger partial charge in [0.05, 0.1) is 31.0 Å². The summed E-state index contributed by atoms with van der Waals surface area (Å²) in [5, 5.41) is 11.6. The van der Waals surface area contributed by atoms with Gasteiger partial charge in [-0.15, -0.1) is 5.10 Å². The standard InChI is InChI=1S/C31H24BrFN4O5S/c1-40-26-7-3-2-5-20(26)17-34-36-31-37(18-25-6-4-14-41-25)30(39)28(43-31)16-21-15-22(32)8-13-27(21)42-19-29(38)35-24-11-9-23(33)10-12-24/h2-17H,18-19H2,1H3,(H,35,38)/b28-16-,34-17-,36-31+. The van der Waals surface area contributed by atoms with Crippen molar-refractivity contribution in [2.45, 2.75) is 6.54 Å². The SMILES string of the molecule is COc1ccccc1/C=N\N=C1\S/C(=C\c2cc(Br)ccc2OCC(=O)Nc2ccc(F)cc2)C(=O)N1Cc1ccco1. The van der Waals surface area contributed by atoms with E-state index in [9.17, 15) is 14.0 Å². The summed E-state index contributed by atoms with van der Waals surface area (Å²) in [6.45, 7) is -0.143. The molecule has 12 heteroatoms. The maximum absolute atomic E-state index is 13.6. The Morgan fingerprint density at radius 1 is 1.07 bits per heavy atom. The Labute approximate surface area is 259 Å². The van der Waals surface area contributed by atoms with E-state index in [1.807, 2.05) is 24.3 Å². The lowest BCUT2D eigenvalue weighted by Crippen LogP contribution is -2.28. The fourth-order valence-corrected chi connectivity index (χ4v) is 5.28. The zero-order valence-corrected chi connectivity index (χ0v) is 25.1. The Morgan fingerprint density at radius 2 is 1.88 bits per heavy atom. The third-order valence-electron chi connectivity index (χ3n) is 6.01. The molecule has 0 unspecified atom stereocenters. The number of rotatable bonds is 10. The fourth-order valence-electron chi connectivity index (χ4n) is 3.97. The first-order valence-electron chi connectivity index (χ1n) is 12.8. The lowest BCUT2D eigenvalue weighted by molar-refractivity contribution is -0.122. The first-order chi connectivity index (χ1) is 20.9. The van der Waals surface area contributed by atoms with Crippen LogP contribution >= 0.6 is 27.7 Å². The molecule has 43 heavy (non-hydrogen) atoms. The van der Waals surface area contributed by atoms with Crippen LogP contribution in [0, 0.1) is 5.82 Å². The number of amidine groups is 1. The second-order valence-corrected chi connectivity index (χ2v) is 10.9. The van der Waals surface area contributed by atoms with Crippen molar-refractivity contribution in [3.05, 3.63) is 117 Å². The highest BCUT2D eigenvalue weighted by Crippen LogP contribution is 2.36. The number of halogens is 2. The molecule has 218 valence electrons. The summed E-state index contributed by atoms with van der Waals surface area (Å²) in [5.41, 5.74) is 1.74. The van der Waals surface area contributed by atoms with Gasteiger partial charge in [0.1, 0.15) is 23.1 Å². The predicted octanol–water partition coefficient (Wildman–Crippen LogP) is 6.71. The molecular formula is C31H24BrFN4O5S. The molecule has 2 amide bonds. The quantitative estimate of drug-likeness (QED) is 0.115. The molecule has 4 aromatic rings. The van der Waals surface area contributed by atoms with Crippen LogP contribution in [-0.2, 0) is 16.1 Å². The van der Waals surface area contributed by atoms with Gasteiger partial charge in [0.25, 0.3) is 11.8 Å². The Kier molecular flexibility index (Phi) is 9.70. The number of anilines is 1. The third-order valence-corrected chi connectivity index (χ3v) is 7.50. The van der Waals surface area contributed by atoms with E-state index in [2.05, 4.69) is 31.4 Å². The molecule has 1 fully saturated rings. The van der Waals surface area contributed by atoms with Crippen molar-refractivity contribution >= 4 is 62.7 Å². The van der Waals surface area contributed by atoms with Crippen molar-refractivity contribution in [3.63, 3.8) is 0 Å². The van der Waals surface area contributed by atoms with Gasteiger partial charge < -0.3 is 19.2 Å². The summed E-state index contributed by atoms with van der Waals surface area (Å²) in [6.07, 6.45) is 4.77. The van der Waals surface area contributed by atoms with Crippen LogP contribution in [-0.4, -0.2) is 41.8 Å². The lowest BCUT2D eigenvalue weighted by atomic mass is 10.2. The molecule has 3 aromatic carbocycles. The second kappa shape index (κ2) is 14.0. The number of carbonyl (C=O) groups excluding carboxylic acids is 2. The van der Waals surface area contributed by atoms with Gasteiger partial charge in [-0.3, -0.25) is 14.5 Å². The molecule has 2 heterocycles. The number of hydrogen-bond acceptors (Lipinski definition) is 8. The maximum atomic E-state index is 13.6. The Hall–Kier alpha value is -4.68. The summed E-state index contributed by atoms with van der Waals surface area (Å²) >= 11 is 4.61. The number of hydrogen-bond donors (Lipinski definition) is 1. The number of nitrogens with one attached hydrogen (secondary N) is 1. The second-order valence-electron chi connectivity index (χ2n) is 8.98. The molecule has 5 rings (SSSR count). The van der Waals surface area contributed by atoms with Gasteiger partial charge in [0, 0.05) is 21.3 Å². The molecule has 0 atom stereocenters. The number of nitrogens with zero attached hydrogens (tertiary/aromatic N) is 3. The molecular weight excluding hydrogens is 639 g/mol. The molecule has 0 saturated carbocycles. The molecule has 0 bridgehead atoms. The minimum absolute atomic E-state index is 0.157. The monoisotopic (exact) mass is 662 g/mol. The van der Waals surface area contributed by atoms with Crippen LogP contribution in [0.3, 0.4) is 0 Å². The van der Waals surface area contributed by atoms with E-state index in [0.29, 0.717) is 38.6 Å². The van der Waals surface area contributed by atoms with E-state index >= 15 is 0 Å². The largest absolute Gasteiger partial charge is 0.496 e. The molecule has 1 aliphatic heterocycles. The van der Waals surface area contributed by atoms with Crippen LogP contribution in [0.4, 0.5) is 10.1 Å². The van der Waals surface area contributed by atoms with Crippen molar-refractivity contribution in [2.24, 2.45) is 10.2 Å². The van der Waals surface area contributed by atoms with E-state index in [1.165, 1.54) is 35.4 Å². The number of benzene rings is 3. The highest BCUT2D eigenvalue weighted by molar-refractivity contribution is 9.10. The van der Waals surface area contributed by atoms with Crippen molar-refractivity contribution < 1.29 is 27.9 Å². The molecule has 1 aromatic heterocycles. The number of para-hydroxylation sites is 1. The summed E-state index contributed by atoms with van der Waals surface area (Å²) in [5.74, 6) is 0.480. The average Bonchev–Trinajstić information content (AvgIpc) is 3.62. The molecule has 0 radical (unpaired) electrons. The van der Waals surface area contributed by atoms with Gasteiger partial charge in [0.15, 0.2) is 11.8 Å². The van der Waals surface area contributed by atoms with E-state index in [0.717, 1.165) is 21.8 Å². The first-order valence-corrected chi connectivity index (χ1v) is 14.5. The van der Waals surface area contributed by atoms with Crippen LogP contribution in [0.25, 0.3) is 6.08 Å². The Balaban J connectivity index is 1.37. The smallest absolute Gasteiger partial charge is 0.267 e. The van der Waals surface area contributed by atoms with Gasteiger partial charge in [-0.05, 0) is 84.6 Å². The van der Waals surface area contributed by atoms with E-state index in [-0.39, 0.29) is 19.1 Å². The topological polar surface area (TPSA) is 106 Å². The minimum Gasteiger partial charge on any atom is -0.496 e. The van der Waals surface area contributed by atoms with E-state index in [1.54, 1.807) is 49.7 Å². The molecule has 1 saturated heterocycles. The number of amides is 2. The normalized spacial score (nSPS) is 15.0. The number of thioether (sulfide) groups is 1. The van der Waals surface area contributed by atoms with Crippen LogP contribution in [0.15, 0.2) is 109 Å². The van der Waals surface area contributed by atoms with Crippen molar-refractivity contribution in [1.29, 1.82) is 0 Å². The van der Waals surface area contributed by atoms with Gasteiger partial charge in [-0.25, -0.2) is 4.39 Å². The van der Waals surface area contributed by atoms with Gasteiger partial charge >= 0.3 is 0 Å².